The molecule has 106 valence electrons. The van der Waals surface area contributed by atoms with E-state index in [1.54, 1.807) is 22.6 Å². The molecule has 0 aromatic carbocycles. The molecule has 0 spiro atoms. The van der Waals surface area contributed by atoms with Crippen molar-refractivity contribution in [3.8, 4) is 0 Å². The SMILES string of the molecule is CCNCC1CCCN(S(=O)(=O)c2cccnc2)C1. The predicted octanol–water partition coefficient (Wildman–Crippen LogP) is 1.09. The fourth-order valence-electron chi connectivity index (χ4n) is 2.41. The Morgan fingerprint density at radius 1 is 1.53 bits per heavy atom. The third-order valence-electron chi connectivity index (χ3n) is 3.44. The van der Waals surface area contributed by atoms with Crippen molar-refractivity contribution in [2.24, 2.45) is 5.92 Å². The Morgan fingerprint density at radius 3 is 3.05 bits per heavy atom. The third-order valence-corrected chi connectivity index (χ3v) is 5.29. The van der Waals surface area contributed by atoms with Crippen LogP contribution in [0.4, 0.5) is 0 Å². The topological polar surface area (TPSA) is 62.3 Å². The lowest BCUT2D eigenvalue weighted by molar-refractivity contribution is 0.261. The summed E-state index contributed by atoms with van der Waals surface area (Å²) in [5.41, 5.74) is 0. The molecule has 1 aliphatic heterocycles. The zero-order chi connectivity index (χ0) is 13.7. The summed E-state index contributed by atoms with van der Waals surface area (Å²) in [4.78, 5) is 4.19. The molecule has 5 nitrogen and oxygen atoms in total. The maximum absolute atomic E-state index is 12.5. The van der Waals surface area contributed by atoms with Gasteiger partial charge in [0.2, 0.25) is 10.0 Å². The minimum atomic E-state index is -3.38. The molecule has 0 amide bonds. The second-order valence-corrected chi connectivity index (χ2v) is 6.81. The van der Waals surface area contributed by atoms with Crippen LogP contribution in [0.25, 0.3) is 0 Å². The van der Waals surface area contributed by atoms with Crippen molar-refractivity contribution >= 4 is 10.0 Å². The summed E-state index contributed by atoms with van der Waals surface area (Å²) in [7, 11) is -3.38. The largest absolute Gasteiger partial charge is 0.317 e. The second kappa shape index (κ2) is 6.45. The lowest BCUT2D eigenvalue weighted by Crippen LogP contribution is -2.42. The van der Waals surface area contributed by atoms with Crippen LogP contribution >= 0.6 is 0 Å². The summed E-state index contributed by atoms with van der Waals surface area (Å²) in [6.45, 7) is 5.08. The number of hydrogen-bond acceptors (Lipinski definition) is 4. The molecule has 1 aromatic rings. The molecular formula is C13H21N3O2S. The van der Waals surface area contributed by atoms with E-state index in [0.29, 0.717) is 23.9 Å². The molecule has 0 bridgehead atoms. The molecule has 2 heterocycles. The molecule has 1 saturated heterocycles. The van der Waals surface area contributed by atoms with Crippen LogP contribution in [0.1, 0.15) is 19.8 Å². The molecule has 1 aromatic heterocycles. The first kappa shape index (κ1) is 14.4. The van der Waals surface area contributed by atoms with E-state index in [1.807, 2.05) is 0 Å². The minimum absolute atomic E-state index is 0.291. The maximum atomic E-state index is 12.5. The van der Waals surface area contributed by atoms with Gasteiger partial charge in [-0.15, -0.1) is 0 Å². The van der Waals surface area contributed by atoms with Crippen molar-refractivity contribution < 1.29 is 8.42 Å². The van der Waals surface area contributed by atoms with Gasteiger partial charge in [-0.2, -0.15) is 4.31 Å². The molecule has 2 rings (SSSR count). The number of pyridine rings is 1. The van der Waals surface area contributed by atoms with Crippen molar-refractivity contribution in [2.45, 2.75) is 24.7 Å². The number of nitrogens with one attached hydrogen (secondary N) is 1. The van der Waals surface area contributed by atoms with Crippen molar-refractivity contribution in [1.29, 1.82) is 0 Å². The lowest BCUT2D eigenvalue weighted by atomic mass is 10.00. The minimum Gasteiger partial charge on any atom is -0.317 e. The fourth-order valence-corrected chi connectivity index (χ4v) is 3.93. The summed E-state index contributed by atoms with van der Waals surface area (Å²) >= 11 is 0. The lowest BCUT2D eigenvalue weighted by Gasteiger charge is -2.31. The number of rotatable bonds is 5. The van der Waals surface area contributed by atoms with Crippen LogP contribution in [0.5, 0.6) is 0 Å². The van der Waals surface area contributed by atoms with E-state index in [4.69, 9.17) is 0 Å². The Hall–Kier alpha value is -0.980. The molecule has 1 atom stereocenters. The highest BCUT2D eigenvalue weighted by Crippen LogP contribution is 2.22. The second-order valence-electron chi connectivity index (χ2n) is 4.87. The van der Waals surface area contributed by atoms with Crippen LogP contribution in [0.15, 0.2) is 29.4 Å². The van der Waals surface area contributed by atoms with Gasteiger partial charge in [0.15, 0.2) is 0 Å². The molecule has 1 N–H and O–H groups in total. The Balaban J connectivity index is 2.08. The van der Waals surface area contributed by atoms with Gasteiger partial charge in [0.1, 0.15) is 4.90 Å². The average molecular weight is 283 g/mol. The van der Waals surface area contributed by atoms with E-state index in [2.05, 4.69) is 17.2 Å². The summed E-state index contributed by atoms with van der Waals surface area (Å²) in [6.07, 6.45) is 5.02. The quantitative estimate of drug-likeness (QED) is 0.879. The van der Waals surface area contributed by atoms with Crippen LogP contribution in [0.3, 0.4) is 0 Å². The van der Waals surface area contributed by atoms with Crippen molar-refractivity contribution in [3.05, 3.63) is 24.5 Å². The summed E-state index contributed by atoms with van der Waals surface area (Å²) < 4.78 is 26.5. The molecule has 0 radical (unpaired) electrons. The first-order valence-electron chi connectivity index (χ1n) is 6.75. The van der Waals surface area contributed by atoms with Gasteiger partial charge in [0, 0.05) is 25.5 Å². The standard InChI is InChI=1S/C13H21N3O2S/c1-2-14-9-12-5-4-8-16(11-12)19(17,18)13-6-3-7-15-10-13/h3,6-7,10,12,14H,2,4-5,8-9,11H2,1H3. The van der Waals surface area contributed by atoms with Gasteiger partial charge < -0.3 is 5.32 Å². The van der Waals surface area contributed by atoms with Gasteiger partial charge >= 0.3 is 0 Å². The number of hydrogen-bond donors (Lipinski definition) is 1. The van der Waals surface area contributed by atoms with Gasteiger partial charge in [0.05, 0.1) is 0 Å². The predicted molar refractivity (Wildman–Crippen MR) is 74.3 cm³/mol. The molecule has 1 fully saturated rings. The third kappa shape index (κ3) is 3.52. The average Bonchev–Trinajstić information content (AvgIpc) is 2.46. The van der Waals surface area contributed by atoms with E-state index in [0.717, 1.165) is 25.9 Å². The summed E-state index contributed by atoms with van der Waals surface area (Å²) in [5, 5.41) is 3.30. The normalized spacial score (nSPS) is 21.4. The molecule has 1 unspecified atom stereocenters. The highest BCUT2D eigenvalue weighted by Gasteiger charge is 2.29. The van der Waals surface area contributed by atoms with Gasteiger partial charge in [-0.05, 0) is 44.0 Å². The molecular weight excluding hydrogens is 262 g/mol. The van der Waals surface area contributed by atoms with E-state index in [1.165, 1.54) is 6.20 Å². The zero-order valence-electron chi connectivity index (χ0n) is 11.2. The zero-order valence-corrected chi connectivity index (χ0v) is 12.1. The monoisotopic (exact) mass is 283 g/mol. The van der Waals surface area contributed by atoms with E-state index in [-0.39, 0.29) is 0 Å². The molecule has 1 aliphatic rings. The van der Waals surface area contributed by atoms with Crippen LogP contribution in [0.2, 0.25) is 0 Å². The van der Waals surface area contributed by atoms with Gasteiger partial charge in [-0.3, -0.25) is 4.98 Å². The number of sulfonamides is 1. The molecule has 0 saturated carbocycles. The van der Waals surface area contributed by atoms with Gasteiger partial charge in [0.25, 0.3) is 0 Å². The van der Waals surface area contributed by atoms with Crippen LogP contribution in [-0.4, -0.2) is 43.9 Å². The molecule has 19 heavy (non-hydrogen) atoms. The van der Waals surface area contributed by atoms with E-state index >= 15 is 0 Å². The van der Waals surface area contributed by atoms with Crippen molar-refractivity contribution in [2.75, 3.05) is 26.2 Å². The van der Waals surface area contributed by atoms with Crippen molar-refractivity contribution in [1.82, 2.24) is 14.6 Å². The highest BCUT2D eigenvalue weighted by atomic mass is 32.2. The Morgan fingerprint density at radius 2 is 2.37 bits per heavy atom. The Labute approximate surface area is 115 Å². The highest BCUT2D eigenvalue weighted by molar-refractivity contribution is 7.89. The first-order valence-corrected chi connectivity index (χ1v) is 8.19. The summed E-state index contributed by atoms with van der Waals surface area (Å²) in [6, 6.07) is 3.27. The Bertz CT molecular complexity index is 490. The number of aromatic nitrogens is 1. The molecule has 6 heteroatoms. The van der Waals surface area contributed by atoms with Gasteiger partial charge in [-0.1, -0.05) is 6.92 Å². The molecule has 0 aliphatic carbocycles. The van der Waals surface area contributed by atoms with Gasteiger partial charge in [-0.25, -0.2) is 8.42 Å². The van der Waals surface area contributed by atoms with E-state index in [9.17, 15) is 8.42 Å². The van der Waals surface area contributed by atoms with Crippen molar-refractivity contribution in [3.63, 3.8) is 0 Å². The first-order chi connectivity index (χ1) is 9.14. The van der Waals surface area contributed by atoms with Crippen LogP contribution in [0, 0.1) is 5.92 Å². The summed E-state index contributed by atoms with van der Waals surface area (Å²) in [5.74, 6) is 0.403. The Kier molecular flexibility index (Phi) is 4.90. The smallest absolute Gasteiger partial charge is 0.244 e. The van der Waals surface area contributed by atoms with E-state index < -0.39 is 10.0 Å². The maximum Gasteiger partial charge on any atom is 0.244 e. The van der Waals surface area contributed by atoms with Crippen LogP contribution in [-0.2, 0) is 10.0 Å². The van der Waals surface area contributed by atoms with Crippen LogP contribution < -0.4 is 5.32 Å². The number of nitrogens with zero attached hydrogens (tertiary/aromatic N) is 2. The number of piperidine rings is 1. The fraction of sp³-hybridized carbons (Fsp3) is 0.615.